The number of hydrogen-bond acceptors (Lipinski definition) is 2. The Labute approximate surface area is 145 Å². The van der Waals surface area contributed by atoms with Gasteiger partial charge >= 0.3 is 0 Å². The fraction of sp³-hybridized carbons (Fsp3) is 0.300. The molecule has 3 unspecified atom stereocenters. The van der Waals surface area contributed by atoms with Crippen LogP contribution in [0.3, 0.4) is 0 Å². The number of fused-ring (bicyclic) bond motifs is 3. The molecule has 0 aromatic heterocycles. The Morgan fingerprint density at radius 3 is 2.91 bits per heavy atom. The Kier molecular flexibility index (Phi) is 3.90. The van der Waals surface area contributed by atoms with Crippen LogP contribution in [0.15, 0.2) is 59.1 Å². The standard InChI is InChI=1S/C20H20BrNO/c1-2-23-19-9-4-3-6-16(19)20-15-8-5-7-14(15)17-12-13(21)10-11-18(17)22-20/h3-7,9-12,14-15,20,22H,2,8H2,1H3. The van der Waals surface area contributed by atoms with Crippen molar-refractivity contribution in [1.29, 1.82) is 0 Å². The van der Waals surface area contributed by atoms with Gasteiger partial charge in [0.05, 0.1) is 12.6 Å². The van der Waals surface area contributed by atoms with Crippen LogP contribution in [0.2, 0.25) is 0 Å². The van der Waals surface area contributed by atoms with Gasteiger partial charge in [0.25, 0.3) is 0 Å². The van der Waals surface area contributed by atoms with Crippen LogP contribution < -0.4 is 10.1 Å². The maximum absolute atomic E-state index is 5.88. The topological polar surface area (TPSA) is 21.3 Å². The summed E-state index contributed by atoms with van der Waals surface area (Å²) in [6.07, 6.45) is 5.80. The number of nitrogens with one attached hydrogen (secondary N) is 1. The summed E-state index contributed by atoms with van der Waals surface area (Å²) < 4.78 is 7.02. The molecule has 3 atom stereocenters. The van der Waals surface area contributed by atoms with Crippen LogP contribution in [-0.4, -0.2) is 6.61 Å². The summed E-state index contributed by atoms with van der Waals surface area (Å²) in [4.78, 5) is 0. The van der Waals surface area contributed by atoms with Crippen LogP contribution in [0, 0.1) is 5.92 Å². The molecule has 1 aliphatic heterocycles. The van der Waals surface area contributed by atoms with Crippen molar-refractivity contribution in [1.82, 2.24) is 0 Å². The lowest BCUT2D eigenvalue weighted by molar-refractivity contribution is 0.326. The van der Waals surface area contributed by atoms with Crippen molar-refractivity contribution in [2.75, 3.05) is 11.9 Å². The summed E-state index contributed by atoms with van der Waals surface area (Å²) in [6, 6.07) is 15.2. The normalized spacial score (nSPS) is 24.7. The minimum absolute atomic E-state index is 0.284. The highest BCUT2D eigenvalue weighted by Crippen LogP contribution is 2.51. The van der Waals surface area contributed by atoms with Gasteiger partial charge in [-0.3, -0.25) is 0 Å². The first kappa shape index (κ1) is 14.8. The van der Waals surface area contributed by atoms with Crippen LogP contribution in [0.4, 0.5) is 5.69 Å². The number of halogens is 1. The van der Waals surface area contributed by atoms with E-state index in [4.69, 9.17) is 4.74 Å². The lowest BCUT2D eigenvalue weighted by Crippen LogP contribution is -2.29. The molecule has 2 aliphatic rings. The predicted octanol–water partition coefficient (Wildman–Crippen LogP) is 5.67. The molecule has 1 N–H and O–H groups in total. The number of allylic oxidation sites excluding steroid dienone is 2. The minimum Gasteiger partial charge on any atom is -0.494 e. The molecule has 0 saturated carbocycles. The Morgan fingerprint density at radius 1 is 1.17 bits per heavy atom. The van der Waals surface area contributed by atoms with Crippen molar-refractivity contribution in [3.05, 3.63) is 70.2 Å². The maximum atomic E-state index is 5.88. The van der Waals surface area contributed by atoms with E-state index in [0.717, 1.165) is 16.6 Å². The van der Waals surface area contributed by atoms with Gasteiger partial charge in [0.1, 0.15) is 5.75 Å². The van der Waals surface area contributed by atoms with Gasteiger partial charge in [0.2, 0.25) is 0 Å². The van der Waals surface area contributed by atoms with E-state index < -0.39 is 0 Å². The molecule has 0 saturated heterocycles. The zero-order valence-electron chi connectivity index (χ0n) is 13.1. The zero-order chi connectivity index (χ0) is 15.8. The molecule has 118 valence electrons. The van der Waals surface area contributed by atoms with Gasteiger partial charge in [-0.05, 0) is 49.1 Å². The summed E-state index contributed by atoms with van der Waals surface area (Å²) in [7, 11) is 0. The third-order valence-corrected chi connectivity index (χ3v) is 5.37. The second-order valence-corrected chi connectivity index (χ2v) is 7.09. The average molecular weight is 370 g/mol. The van der Waals surface area contributed by atoms with Crippen LogP contribution >= 0.6 is 15.9 Å². The minimum atomic E-state index is 0.284. The lowest BCUT2D eigenvalue weighted by atomic mass is 9.77. The number of anilines is 1. The van der Waals surface area contributed by atoms with E-state index in [9.17, 15) is 0 Å². The van der Waals surface area contributed by atoms with Gasteiger partial charge in [-0.15, -0.1) is 0 Å². The first-order valence-corrected chi connectivity index (χ1v) is 9.01. The van der Waals surface area contributed by atoms with Crippen molar-refractivity contribution >= 4 is 21.6 Å². The molecule has 0 radical (unpaired) electrons. The van der Waals surface area contributed by atoms with Crippen molar-refractivity contribution in [3.63, 3.8) is 0 Å². The zero-order valence-corrected chi connectivity index (χ0v) is 14.7. The van der Waals surface area contributed by atoms with Crippen molar-refractivity contribution in [2.24, 2.45) is 5.92 Å². The number of benzene rings is 2. The molecule has 0 amide bonds. The first-order valence-electron chi connectivity index (χ1n) is 8.22. The van der Waals surface area contributed by atoms with Gasteiger partial charge in [-0.25, -0.2) is 0 Å². The summed E-state index contributed by atoms with van der Waals surface area (Å²) in [5.74, 6) is 2.01. The molecule has 23 heavy (non-hydrogen) atoms. The molecule has 1 heterocycles. The molecule has 0 fully saturated rings. The van der Waals surface area contributed by atoms with E-state index in [1.165, 1.54) is 16.8 Å². The molecular weight excluding hydrogens is 350 g/mol. The monoisotopic (exact) mass is 369 g/mol. The lowest BCUT2D eigenvalue weighted by Gasteiger charge is -2.38. The van der Waals surface area contributed by atoms with E-state index in [-0.39, 0.29) is 6.04 Å². The van der Waals surface area contributed by atoms with E-state index >= 15 is 0 Å². The number of para-hydroxylation sites is 1. The largest absolute Gasteiger partial charge is 0.494 e. The fourth-order valence-electron chi connectivity index (χ4n) is 3.90. The van der Waals surface area contributed by atoms with E-state index in [1.807, 2.05) is 13.0 Å². The summed E-state index contributed by atoms with van der Waals surface area (Å²) >= 11 is 3.61. The Hall–Kier alpha value is -1.74. The SMILES string of the molecule is CCOc1ccccc1C1Nc2ccc(Br)cc2C2C=CCC21. The molecule has 2 aromatic rings. The van der Waals surface area contributed by atoms with Crippen molar-refractivity contribution in [3.8, 4) is 5.75 Å². The number of rotatable bonds is 3. The molecular formula is C20H20BrNO. The van der Waals surface area contributed by atoms with Crippen LogP contribution in [0.5, 0.6) is 5.75 Å². The third-order valence-electron chi connectivity index (χ3n) is 4.88. The molecule has 0 spiro atoms. The van der Waals surface area contributed by atoms with Crippen molar-refractivity contribution in [2.45, 2.75) is 25.3 Å². The highest BCUT2D eigenvalue weighted by molar-refractivity contribution is 9.10. The molecule has 4 rings (SSSR count). The van der Waals surface area contributed by atoms with Gasteiger partial charge in [0, 0.05) is 21.6 Å². The van der Waals surface area contributed by atoms with Gasteiger partial charge in [-0.2, -0.15) is 0 Å². The predicted molar refractivity (Wildman–Crippen MR) is 98.1 cm³/mol. The highest BCUT2D eigenvalue weighted by atomic mass is 79.9. The van der Waals surface area contributed by atoms with Gasteiger partial charge in [-0.1, -0.05) is 46.3 Å². The molecule has 0 bridgehead atoms. The Bertz CT molecular complexity index is 755. The quantitative estimate of drug-likeness (QED) is 0.703. The molecule has 2 aromatic carbocycles. The Balaban J connectivity index is 1.78. The molecule has 2 nitrogen and oxygen atoms in total. The van der Waals surface area contributed by atoms with Gasteiger partial charge < -0.3 is 10.1 Å². The summed E-state index contributed by atoms with van der Waals surface area (Å²) in [6.45, 7) is 2.73. The van der Waals surface area contributed by atoms with Crippen LogP contribution in [-0.2, 0) is 0 Å². The second kappa shape index (κ2) is 6.04. The van der Waals surface area contributed by atoms with Crippen LogP contribution in [0.1, 0.15) is 36.4 Å². The number of ether oxygens (including phenoxy) is 1. The molecule has 1 aliphatic carbocycles. The van der Waals surface area contributed by atoms with E-state index in [0.29, 0.717) is 18.4 Å². The molecule has 3 heteroatoms. The fourth-order valence-corrected chi connectivity index (χ4v) is 4.28. The van der Waals surface area contributed by atoms with Crippen molar-refractivity contribution < 1.29 is 4.74 Å². The first-order chi connectivity index (χ1) is 11.3. The Morgan fingerprint density at radius 2 is 2.04 bits per heavy atom. The second-order valence-electron chi connectivity index (χ2n) is 6.18. The van der Waals surface area contributed by atoms with E-state index in [1.54, 1.807) is 0 Å². The summed E-state index contributed by atoms with van der Waals surface area (Å²) in [5, 5.41) is 3.77. The summed E-state index contributed by atoms with van der Waals surface area (Å²) in [5.41, 5.74) is 3.89. The smallest absolute Gasteiger partial charge is 0.124 e. The van der Waals surface area contributed by atoms with E-state index in [2.05, 4.69) is 69.8 Å². The maximum Gasteiger partial charge on any atom is 0.124 e. The third kappa shape index (κ3) is 2.57. The van der Waals surface area contributed by atoms with Gasteiger partial charge in [0.15, 0.2) is 0 Å². The average Bonchev–Trinajstić information content (AvgIpc) is 3.05. The van der Waals surface area contributed by atoms with Crippen LogP contribution in [0.25, 0.3) is 0 Å². The highest BCUT2D eigenvalue weighted by Gasteiger charge is 2.38. The number of hydrogen-bond donors (Lipinski definition) is 1.